The zero-order valence-corrected chi connectivity index (χ0v) is 16.8. The van der Waals surface area contributed by atoms with Gasteiger partial charge in [-0.1, -0.05) is 48.2 Å². The number of thioether (sulfide) groups is 2. The molecule has 0 unspecified atom stereocenters. The van der Waals surface area contributed by atoms with Crippen LogP contribution in [-0.2, 0) is 11.0 Å². The van der Waals surface area contributed by atoms with Crippen molar-refractivity contribution in [1.29, 1.82) is 0 Å². The second kappa shape index (κ2) is 9.84. The van der Waals surface area contributed by atoms with Gasteiger partial charge in [0.1, 0.15) is 5.69 Å². The maximum atomic E-state index is 13.1. The van der Waals surface area contributed by atoms with Gasteiger partial charge in [0, 0.05) is 33.6 Å². The van der Waals surface area contributed by atoms with Crippen molar-refractivity contribution in [1.82, 2.24) is 10.3 Å². The van der Waals surface area contributed by atoms with Gasteiger partial charge in [-0.3, -0.25) is 4.79 Å². The van der Waals surface area contributed by atoms with Crippen molar-refractivity contribution in [2.75, 3.05) is 12.3 Å². The molecule has 3 aromatic rings. The van der Waals surface area contributed by atoms with Crippen molar-refractivity contribution in [3.63, 3.8) is 0 Å². The molecule has 29 heavy (non-hydrogen) atoms. The number of benzene rings is 2. The van der Waals surface area contributed by atoms with Gasteiger partial charge in [0.15, 0.2) is 0 Å². The van der Waals surface area contributed by atoms with Crippen molar-refractivity contribution in [2.24, 2.45) is 0 Å². The number of fused-ring (bicyclic) bond motifs is 1. The molecule has 8 heteroatoms. The topological polar surface area (TPSA) is 42.0 Å². The molecule has 1 heterocycles. The lowest BCUT2D eigenvalue weighted by Crippen LogP contribution is -2.23. The van der Waals surface area contributed by atoms with E-state index in [0.29, 0.717) is 28.1 Å². The molecular formula is C21H17F3N2OS2. The van der Waals surface area contributed by atoms with E-state index in [0.717, 1.165) is 11.0 Å². The van der Waals surface area contributed by atoms with Crippen LogP contribution in [0.3, 0.4) is 0 Å². The van der Waals surface area contributed by atoms with E-state index in [1.54, 1.807) is 29.7 Å². The third-order valence-corrected chi connectivity index (χ3v) is 5.67. The lowest BCUT2D eigenvalue weighted by molar-refractivity contribution is -0.141. The van der Waals surface area contributed by atoms with E-state index in [4.69, 9.17) is 0 Å². The van der Waals surface area contributed by atoms with Crippen LogP contribution < -0.4 is 5.32 Å². The summed E-state index contributed by atoms with van der Waals surface area (Å²) in [5.74, 6) is 0.195. The van der Waals surface area contributed by atoms with Crippen LogP contribution in [0.15, 0.2) is 81.9 Å². The first-order valence-corrected chi connectivity index (χ1v) is 10.6. The summed E-state index contributed by atoms with van der Waals surface area (Å²) in [6.45, 7) is 0.335. The fourth-order valence-corrected chi connectivity index (χ4v) is 4.09. The Kier molecular flexibility index (Phi) is 7.22. The Labute approximate surface area is 174 Å². The summed E-state index contributed by atoms with van der Waals surface area (Å²) >= 11 is 2.69. The Bertz CT molecular complexity index is 1010. The summed E-state index contributed by atoms with van der Waals surface area (Å²) < 4.78 is 39.3. The fraction of sp³-hybridized carbons (Fsp3) is 0.143. The number of nitrogens with one attached hydrogen (secondary N) is 1. The van der Waals surface area contributed by atoms with Crippen LogP contribution >= 0.6 is 23.5 Å². The minimum absolute atomic E-state index is 0.246. The number of carbonyl (C=O) groups is 1. The van der Waals surface area contributed by atoms with Crippen LogP contribution in [0.5, 0.6) is 0 Å². The number of pyridine rings is 1. The van der Waals surface area contributed by atoms with Gasteiger partial charge in [-0.05, 0) is 29.7 Å². The number of hydrogen-bond donors (Lipinski definition) is 1. The van der Waals surface area contributed by atoms with Crippen molar-refractivity contribution in [3.05, 3.63) is 77.8 Å². The molecule has 0 saturated heterocycles. The summed E-state index contributed by atoms with van der Waals surface area (Å²) in [5.41, 5.74) is -0.613. The molecule has 0 aliphatic rings. The number of carbonyl (C=O) groups excluding carboxylic acids is 1. The second-order valence-electron chi connectivity index (χ2n) is 5.89. The fourth-order valence-electron chi connectivity index (χ4n) is 2.48. The summed E-state index contributed by atoms with van der Waals surface area (Å²) in [6.07, 6.45) is -3.07. The first-order chi connectivity index (χ1) is 13.9. The molecule has 0 radical (unpaired) electrons. The summed E-state index contributed by atoms with van der Waals surface area (Å²) in [6, 6.07) is 17.4. The predicted molar refractivity (Wildman–Crippen MR) is 112 cm³/mol. The molecule has 0 aliphatic heterocycles. The number of hydrogen-bond acceptors (Lipinski definition) is 4. The Hall–Kier alpha value is -2.45. The molecular weight excluding hydrogens is 417 g/mol. The van der Waals surface area contributed by atoms with E-state index in [2.05, 4.69) is 10.3 Å². The van der Waals surface area contributed by atoms with E-state index in [1.807, 2.05) is 30.3 Å². The quantitative estimate of drug-likeness (QED) is 0.291. The zero-order valence-electron chi connectivity index (χ0n) is 15.1. The normalized spacial score (nSPS) is 11.8. The highest BCUT2D eigenvalue weighted by atomic mass is 32.2. The molecule has 0 bridgehead atoms. The van der Waals surface area contributed by atoms with Crippen molar-refractivity contribution < 1.29 is 18.0 Å². The van der Waals surface area contributed by atoms with Crippen molar-refractivity contribution in [2.45, 2.75) is 16.0 Å². The molecule has 0 aliphatic carbocycles. The monoisotopic (exact) mass is 434 g/mol. The van der Waals surface area contributed by atoms with Crippen molar-refractivity contribution >= 4 is 40.3 Å². The van der Waals surface area contributed by atoms with E-state index in [9.17, 15) is 18.0 Å². The number of halogens is 3. The highest BCUT2D eigenvalue weighted by Crippen LogP contribution is 2.34. The van der Waals surface area contributed by atoms with Crippen LogP contribution in [0.2, 0.25) is 0 Å². The van der Waals surface area contributed by atoms with Gasteiger partial charge in [0.05, 0.1) is 5.52 Å². The van der Waals surface area contributed by atoms with Crippen LogP contribution in [0.1, 0.15) is 5.69 Å². The SMILES string of the molecule is O=C(/C=C/Sc1ccccc1)NCCSc1cc(C(F)(F)F)nc2ccccc12. The third-order valence-electron chi connectivity index (χ3n) is 3.79. The van der Waals surface area contributed by atoms with E-state index < -0.39 is 11.9 Å². The van der Waals surface area contributed by atoms with Gasteiger partial charge in [0.2, 0.25) is 5.91 Å². The van der Waals surface area contributed by atoms with Gasteiger partial charge in [0.25, 0.3) is 0 Å². The number of para-hydroxylation sites is 1. The summed E-state index contributed by atoms with van der Waals surface area (Å²) in [5, 5.41) is 5.10. The first-order valence-electron chi connectivity index (χ1n) is 8.69. The molecule has 1 amide bonds. The molecule has 150 valence electrons. The molecule has 1 N–H and O–H groups in total. The highest BCUT2D eigenvalue weighted by Gasteiger charge is 2.33. The molecule has 0 fully saturated rings. The Morgan fingerprint density at radius 2 is 1.79 bits per heavy atom. The number of alkyl halides is 3. The average Bonchev–Trinajstić information content (AvgIpc) is 2.71. The minimum Gasteiger partial charge on any atom is -0.352 e. The second-order valence-corrected chi connectivity index (χ2v) is 8.01. The Balaban J connectivity index is 1.55. The van der Waals surface area contributed by atoms with Gasteiger partial charge in [-0.15, -0.1) is 11.8 Å². The standard InChI is InChI=1S/C21H17F3N2OS2/c22-21(23,24)19-14-18(16-8-4-5-9-17(16)26-19)29-13-11-25-20(27)10-12-28-15-6-2-1-3-7-15/h1-10,12,14H,11,13H2,(H,25,27)/b12-10+. The van der Waals surface area contributed by atoms with E-state index in [-0.39, 0.29) is 5.91 Å². The predicted octanol–water partition coefficient (Wildman–Crippen LogP) is 5.77. The number of amides is 1. The largest absolute Gasteiger partial charge is 0.433 e. The van der Waals surface area contributed by atoms with Gasteiger partial charge >= 0.3 is 6.18 Å². The Morgan fingerprint density at radius 1 is 1.07 bits per heavy atom. The smallest absolute Gasteiger partial charge is 0.352 e. The molecule has 0 spiro atoms. The average molecular weight is 435 g/mol. The maximum absolute atomic E-state index is 13.1. The summed E-state index contributed by atoms with van der Waals surface area (Å²) in [4.78, 5) is 17.1. The maximum Gasteiger partial charge on any atom is 0.433 e. The lowest BCUT2D eigenvalue weighted by Gasteiger charge is -2.11. The molecule has 3 nitrogen and oxygen atoms in total. The van der Waals surface area contributed by atoms with Gasteiger partial charge in [-0.2, -0.15) is 13.2 Å². The molecule has 0 saturated carbocycles. The number of rotatable bonds is 7. The van der Waals surface area contributed by atoms with Crippen LogP contribution in [0, 0.1) is 0 Å². The molecule has 1 aromatic heterocycles. The first kappa shape index (κ1) is 21.3. The zero-order chi connectivity index (χ0) is 20.7. The molecule has 2 aromatic carbocycles. The highest BCUT2D eigenvalue weighted by molar-refractivity contribution is 8.02. The minimum atomic E-state index is -4.51. The van der Waals surface area contributed by atoms with E-state index in [1.165, 1.54) is 29.6 Å². The van der Waals surface area contributed by atoms with Crippen molar-refractivity contribution in [3.8, 4) is 0 Å². The van der Waals surface area contributed by atoms with E-state index >= 15 is 0 Å². The lowest BCUT2D eigenvalue weighted by atomic mass is 10.2. The molecule has 3 rings (SSSR count). The van der Waals surface area contributed by atoms with Crippen LogP contribution in [0.4, 0.5) is 13.2 Å². The molecule has 0 atom stereocenters. The van der Waals surface area contributed by atoms with Crippen LogP contribution in [0.25, 0.3) is 10.9 Å². The number of aromatic nitrogens is 1. The summed E-state index contributed by atoms with van der Waals surface area (Å²) in [7, 11) is 0. The third kappa shape index (κ3) is 6.27. The van der Waals surface area contributed by atoms with Crippen LogP contribution in [-0.4, -0.2) is 23.2 Å². The Morgan fingerprint density at radius 3 is 2.55 bits per heavy atom. The number of nitrogens with zero attached hydrogens (tertiary/aromatic N) is 1. The van der Waals surface area contributed by atoms with Gasteiger partial charge < -0.3 is 5.32 Å². The van der Waals surface area contributed by atoms with Gasteiger partial charge in [-0.25, -0.2) is 4.98 Å².